The predicted molar refractivity (Wildman–Crippen MR) is 78.0 cm³/mol. The topological polar surface area (TPSA) is 58.6 Å². The van der Waals surface area contributed by atoms with Crippen molar-refractivity contribution in [2.24, 2.45) is 0 Å². The summed E-state index contributed by atoms with van der Waals surface area (Å²) in [6.07, 6.45) is 2.01. The largest absolute Gasteiger partial charge is 0.491 e. The van der Waals surface area contributed by atoms with Gasteiger partial charge in [-0.2, -0.15) is 0 Å². The summed E-state index contributed by atoms with van der Waals surface area (Å²) in [6, 6.07) is 4.96. The number of hydrogen-bond donors (Lipinski definition) is 2. The minimum atomic E-state index is -1.02. The van der Waals surface area contributed by atoms with Gasteiger partial charge in [-0.05, 0) is 45.2 Å². The Balaban J connectivity index is 1.99. The maximum atomic E-state index is 13.5. The highest BCUT2D eigenvalue weighted by Gasteiger charge is 2.39. The summed E-state index contributed by atoms with van der Waals surface area (Å²) in [6.45, 7) is 5.15. The maximum Gasteiger partial charge on any atom is 0.323 e. The molecule has 0 saturated heterocycles. The quantitative estimate of drug-likeness (QED) is 0.812. The fraction of sp³-hybridized carbons (Fsp3) is 0.562. The van der Waals surface area contributed by atoms with Crippen LogP contribution < -0.4 is 10.1 Å². The number of ether oxygens (including phenoxy) is 1. The first-order valence-corrected chi connectivity index (χ1v) is 7.24. The van der Waals surface area contributed by atoms with Crippen molar-refractivity contribution in [2.45, 2.75) is 57.7 Å². The molecule has 116 valence electrons. The molecule has 21 heavy (non-hydrogen) atoms. The Hall–Kier alpha value is -1.62. The van der Waals surface area contributed by atoms with E-state index in [1.807, 2.05) is 0 Å². The van der Waals surface area contributed by atoms with Crippen molar-refractivity contribution >= 4 is 5.97 Å². The zero-order chi connectivity index (χ0) is 15.6. The smallest absolute Gasteiger partial charge is 0.323 e. The van der Waals surface area contributed by atoms with Crippen molar-refractivity contribution in [2.75, 3.05) is 0 Å². The van der Waals surface area contributed by atoms with Gasteiger partial charge in [-0.3, -0.25) is 10.1 Å². The normalized spacial score (nSPS) is 18.9. The Morgan fingerprint density at radius 2 is 2.24 bits per heavy atom. The first-order valence-electron chi connectivity index (χ1n) is 7.24. The van der Waals surface area contributed by atoms with Gasteiger partial charge in [0.15, 0.2) is 0 Å². The van der Waals surface area contributed by atoms with Crippen LogP contribution in [0.3, 0.4) is 0 Å². The molecule has 2 N–H and O–H groups in total. The third kappa shape index (κ3) is 4.17. The molecule has 2 unspecified atom stereocenters. The molecule has 0 aliphatic heterocycles. The molecular weight excluding hydrogens is 273 g/mol. The molecule has 1 saturated carbocycles. The van der Waals surface area contributed by atoms with Crippen LogP contribution in [0, 0.1) is 12.7 Å². The van der Waals surface area contributed by atoms with Gasteiger partial charge in [0.05, 0.1) is 6.10 Å². The Bertz CT molecular complexity index is 530. The van der Waals surface area contributed by atoms with Crippen LogP contribution in [0.2, 0.25) is 0 Å². The Morgan fingerprint density at radius 3 is 2.76 bits per heavy atom. The molecule has 4 nitrogen and oxygen atoms in total. The minimum Gasteiger partial charge on any atom is -0.491 e. The highest BCUT2D eigenvalue weighted by atomic mass is 19.1. The van der Waals surface area contributed by atoms with Crippen LogP contribution in [0.5, 0.6) is 5.75 Å². The van der Waals surface area contributed by atoms with Crippen LogP contribution in [-0.4, -0.2) is 28.8 Å². The van der Waals surface area contributed by atoms with E-state index in [2.05, 4.69) is 5.32 Å². The van der Waals surface area contributed by atoms with Gasteiger partial charge in [0, 0.05) is 18.5 Å². The second kappa shape index (κ2) is 6.02. The Kier molecular flexibility index (Phi) is 4.52. The number of carboxylic acids is 1. The van der Waals surface area contributed by atoms with Crippen LogP contribution in [0.25, 0.3) is 0 Å². The average Bonchev–Trinajstić information content (AvgIpc) is 3.17. The number of carboxylic acid groups (broad SMARTS) is 1. The summed E-state index contributed by atoms with van der Waals surface area (Å²) in [5.74, 6) is -0.790. The standard InChI is InChI=1S/C16H22FNO3/c1-10-4-7-13(8-14(10)17)21-11(2)9-16(3,15(19)20)18-12-5-6-12/h4,7-8,11-12,18H,5-6,9H2,1-3H3,(H,19,20). The lowest BCUT2D eigenvalue weighted by atomic mass is 9.94. The van der Waals surface area contributed by atoms with E-state index in [4.69, 9.17) is 4.74 Å². The molecule has 0 radical (unpaired) electrons. The molecule has 1 aliphatic carbocycles. The molecular formula is C16H22FNO3. The van der Waals surface area contributed by atoms with E-state index in [0.717, 1.165) is 12.8 Å². The average molecular weight is 295 g/mol. The van der Waals surface area contributed by atoms with Crippen LogP contribution in [0.4, 0.5) is 4.39 Å². The van der Waals surface area contributed by atoms with Crippen molar-refractivity contribution in [3.63, 3.8) is 0 Å². The number of carbonyl (C=O) groups is 1. The molecule has 1 aromatic carbocycles. The van der Waals surface area contributed by atoms with E-state index in [9.17, 15) is 14.3 Å². The van der Waals surface area contributed by atoms with Crippen molar-refractivity contribution < 1.29 is 19.0 Å². The molecule has 1 aliphatic rings. The van der Waals surface area contributed by atoms with Crippen molar-refractivity contribution in [3.8, 4) is 5.75 Å². The van der Waals surface area contributed by atoms with Crippen LogP contribution in [-0.2, 0) is 4.79 Å². The van der Waals surface area contributed by atoms with Crippen molar-refractivity contribution in [3.05, 3.63) is 29.6 Å². The van der Waals surface area contributed by atoms with Gasteiger partial charge < -0.3 is 9.84 Å². The van der Waals surface area contributed by atoms with Gasteiger partial charge in [0.1, 0.15) is 17.1 Å². The van der Waals surface area contributed by atoms with Gasteiger partial charge >= 0.3 is 5.97 Å². The molecule has 0 spiro atoms. The van der Waals surface area contributed by atoms with Gasteiger partial charge in [0.25, 0.3) is 0 Å². The van der Waals surface area contributed by atoms with Crippen molar-refractivity contribution in [1.29, 1.82) is 0 Å². The summed E-state index contributed by atoms with van der Waals surface area (Å²) < 4.78 is 19.1. The monoisotopic (exact) mass is 295 g/mol. The van der Waals surface area contributed by atoms with E-state index in [1.54, 1.807) is 32.9 Å². The van der Waals surface area contributed by atoms with Crippen LogP contribution >= 0.6 is 0 Å². The number of benzene rings is 1. The van der Waals surface area contributed by atoms with Gasteiger partial charge in [-0.25, -0.2) is 4.39 Å². The summed E-state index contributed by atoms with van der Waals surface area (Å²) in [4.78, 5) is 11.5. The lowest BCUT2D eigenvalue weighted by molar-refractivity contribution is -0.145. The van der Waals surface area contributed by atoms with Gasteiger partial charge in [-0.1, -0.05) is 6.07 Å². The maximum absolute atomic E-state index is 13.5. The Labute approximate surface area is 124 Å². The van der Waals surface area contributed by atoms with E-state index < -0.39 is 11.5 Å². The summed E-state index contributed by atoms with van der Waals surface area (Å²) in [5.41, 5.74) is -0.468. The molecule has 2 atom stereocenters. The lowest BCUT2D eigenvalue weighted by Gasteiger charge is -2.29. The van der Waals surface area contributed by atoms with E-state index in [0.29, 0.717) is 17.7 Å². The molecule has 0 aromatic heterocycles. The third-order valence-corrected chi connectivity index (χ3v) is 3.75. The van der Waals surface area contributed by atoms with E-state index in [-0.39, 0.29) is 18.0 Å². The number of hydrogen-bond acceptors (Lipinski definition) is 3. The zero-order valence-corrected chi connectivity index (χ0v) is 12.6. The minimum absolute atomic E-state index is 0.287. The first-order chi connectivity index (χ1) is 9.80. The zero-order valence-electron chi connectivity index (χ0n) is 12.6. The number of halogens is 1. The highest BCUT2D eigenvalue weighted by Crippen LogP contribution is 2.26. The second-order valence-corrected chi connectivity index (χ2v) is 6.10. The molecule has 2 rings (SSSR count). The van der Waals surface area contributed by atoms with Gasteiger partial charge in [0.2, 0.25) is 0 Å². The second-order valence-electron chi connectivity index (χ2n) is 6.10. The fourth-order valence-corrected chi connectivity index (χ4v) is 2.38. The number of aryl methyl sites for hydroxylation is 1. The third-order valence-electron chi connectivity index (χ3n) is 3.75. The molecule has 1 aromatic rings. The molecule has 0 amide bonds. The fourth-order valence-electron chi connectivity index (χ4n) is 2.38. The lowest BCUT2D eigenvalue weighted by Crippen LogP contribution is -2.52. The van der Waals surface area contributed by atoms with Crippen LogP contribution in [0.1, 0.15) is 38.7 Å². The van der Waals surface area contributed by atoms with E-state index >= 15 is 0 Å². The highest BCUT2D eigenvalue weighted by molar-refractivity contribution is 5.78. The summed E-state index contributed by atoms with van der Waals surface area (Å²) in [5, 5.41) is 12.6. The number of rotatable bonds is 7. The predicted octanol–water partition coefficient (Wildman–Crippen LogP) is 2.89. The van der Waals surface area contributed by atoms with E-state index in [1.165, 1.54) is 6.07 Å². The van der Waals surface area contributed by atoms with Gasteiger partial charge in [-0.15, -0.1) is 0 Å². The molecule has 0 heterocycles. The summed E-state index contributed by atoms with van der Waals surface area (Å²) in [7, 11) is 0. The number of aliphatic carboxylic acids is 1. The first kappa shape index (κ1) is 15.8. The van der Waals surface area contributed by atoms with Crippen molar-refractivity contribution in [1.82, 2.24) is 5.32 Å². The number of nitrogens with one attached hydrogen (secondary N) is 1. The van der Waals surface area contributed by atoms with Crippen LogP contribution in [0.15, 0.2) is 18.2 Å². The molecule has 1 fully saturated rings. The summed E-state index contributed by atoms with van der Waals surface area (Å²) >= 11 is 0. The molecule has 5 heteroatoms. The molecule has 0 bridgehead atoms. The SMILES string of the molecule is Cc1ccc(OC(C)CC(C)(NC2CC2)C(=O)O)cc1F. The Morgan fingerprint density at radius 1 is 1.57 bits per heavy atom.